The molecule has 2 aliphatic rings. The van der Waals surface area contributed by atoms with Crippen LogP contribution in [0, 0.1) is 5.82 Å². The van der Waals surface area contributed by atoms with Gasteiger partial charge in [0.25, 0.3) is 0 Å². The zero-order chi connectivity index (χ0) is 10.3. The van der Waals surface area contributed by atoms with Gasteiger partial charge in [-0.3, -0.25) is 9.83 Å². The Balaban J connectivity index is 1.59. The number of hydrogen-bond donors (Lipinski definition) is 0. The summed E-state index contributed by atoms with van der Waals surface area (Å²) in [5, 5.41) is 1.85. The molecule has 0 saturated carbocycles. The molecule has 0 aromatic heterocycles. The topological polar surface area (TPSA) is 27.9 Å². The van der Waals surface area contributed by atoms with Gasteiger partial charge in [0.05, 0.1) is 5.71 Å². The summed E-state index contributed by atoms with van der Waals surface area (Å²) < 4.78 is 12.6. The molecule has 0 N–H and O–H groups in total. The van der Waals surface area contributed by atoms with E-state index >= 15 is 0 Å². The fraction of sp³-hybridized carbons (Fsp3) is 0.364. The van der Waals surface area contributed by atoms with Crippen LogP contribution >= 0.6 is 0 Å². The Bertz CT molecular complexity index is 402. The first kappa shape index (κ1) is 9.00. The molecule has 0 aliphatic carbocycles. The van der Waals surface area contributed by atoms with Crippen molar-refractivity contribution >= 4 is 5.71 Å². The van der Waals surface area contributed by atoms with Gasteiger partial charge in [-0.2, -0.15) is 0 Å². The van der Waals surface area contributed by atoms with Crippen molar-refractivity contribution in [1.29, 1.82) is 0 Å². The van der Waals surface area contributed by atoms with Crippen LogP contribution in [0.2, 0.25) is 0 Å². The molecule has 2 heterocycles. The van der Waals surface area contributed by atoms with Gasteiger partial charge < -0.3 is 0 Å². The van der Waals surface area contributed by atoms with Crippen LogP contribution < -0.4 is 0 Å². The maximum absolute atomic E-state index is 12.6. The van der Waals surface area contributed by atoms with Gasteiger partial charge in [-0.15, -0.1) is 5.06 Å². The van der Waals surface area contributed by atoms with Crippen LogP contribution in [0.15, 0.2) is 29.3 Å². The van der Waals surface area contributed by atoms with Crippen molar-refractivity contribution in [1.82, 2.24) is 5.06 Å². The number of rotatable bonds is 3. The van der Waals surface area contributed by atoms with Crippen LogP contribution in [0.25, 0.3) is 0 Å². The minimum absolute atomic E-state index is 0.144. The lowest BCUT2D eigenvalue weighted by molar-refractivity contribution is 0.202. The molecule has 1 aromatic carbocycles. The molecule has 0 spiro atoms. The molecule has 1 fully saturated rings. The number of nitrogens with zero attached hydrogens (tertiary/aromatic N) is 2. The number of aliphatic imine (C=N–C) groups is 1. The lowest BCUT2D eigenvalue weighted by Crippen LogP contribution is -2.06. The molecule has 2 unspecified atom stereocenters. The van der Waals surface area contributed by atoms with Gasteiger partial charge in [0.15, 0.2) is 6.23 Å². The second-order valence-corrected chi connectivity index (χ2v) is 3.79. The van der Waals surface area contributed by atoms with Gasteiger partial charge in [-0.1, -0.05) is 12.1 Å². The SMILES string of the molecule is Fc1ccc(CCC2=NCN3OC23)cc1. The lowest BCUT2D eigenvalue weighted by Gasteiger charge is -2.00. The molecule has 78 valence electrons. The van der Waals surface area contributed by atoms with E-state index < -0.39 is 0 Å². The predicted octanol–water partition coefficient (Wildman–Crippen LogP) is 1.74. The molecular formula is C11H11FN2O. The number of halogens is 1. The number of aryl methyl sites for hydroxylation is 1. The standard InChI is InChI=1S/C11H11FN2O/c12-9-4-1-8(2-5-9)3-6-10-11-14(15-11)7-13-10/h1-2,4-5,11H,3,6-7H2. The summed E-state index contributed by atoms with van der Waals surface area (Å²) in [7, 11) is 0. The summed E-state index contributed by atoms with van der Waals surface area (Å²) >= 11 is 0. The summed E-state index contributed by atoms with van der Waals surface area (Å²) in [4.78, 5) is 9.56. The van der Waals surface area contributed by atoms with E-state index in [1.807, 2.05) is 17.2 Å². The molecule has 4 heteroatoms. The number of fused-ring (bicyclic) bond motifs is 1. The van der Waals surface area contributed by atoms with Gasteiger partial charge in [-0.05, 0) is 30.5 Å². The molecule has 3 nitrogen and oxygen atoms in total. The monoisotopic (exact) mass is 206 g/mol. The summed E-state index contributed by atoms with van der Waals surface area (Å²) in [6.45, 7) is 0.670. The van der Waals surface area contributed by atoms with E-state index in [1.165, 1.54) is 12.1 Å². The van der Waals surface area contributed by atoms with Crippen LogP contribution in [-0.4, -0.2) is 23.7 Å². The van der Waals surface area contributed by atoms with Gasteiger partial charge in [0, 0.05) is 0 Å². The second kappa shape index (κ2) is 3.40. The van der Waals surface area contributed by atoms with E-state index in [0.717, 1.165) is 24.1 Å². The van der Waals surface area contributed by atoms with Gasteiger partial charge in [0.1, 0.15) is 12.5 Å². The van der Waals surface area contributed by atoms with E-state index in [1.54, 1.807) is 0 Å². The van der Waals surface area contributed by atoms with Crippen molar-refractivity contribution in [2.75, 3.05) is 6.67 Å². The van der Waals surface area contributed by atoms with E-state index in [2.05, 4.69) is 4.99 Å². The quantitative estimate of drug-likeness (QED) is 0.704. The van der Waals surface area contributed by atoms with Crippen molar-refractivity contribution in [3.8, 4) is 0 Å². The third-order valence-electron chi connectivity index (χ3n) is 2.73. The molecule has 0 radical (unpaired) electrons. The van der Waals surface area contributed by atoms with Crippen LogP contribution in [0.1, 0.15) is 12.0 Å². The van der Waals surface area contributed by atoms with Crippen molar-refractivity contribution < 1.29 is 9.23 Å². The first-order valence-electron chi connectivity index (χ1n) is 5.04. The molecule has 2 aliphatic heterocycles. The highest BCUT2D eigenvalue weighted by Crippen LogP contribution is 2.28. The largest absolute Gasteiger partial charge is 0.272 e. The predicted molar refractivity (Wildman–Crippen MR) is 53.7 cm³/mol. The zero-order valence-corrected chi connectivity index (χ0v) is 8.19. The van der Waals surface area contributed by atoms with E-state index in [-0.39, 0.29) is 12.0 Å². The highest BCUT2D eigenvalue weighted by Gasteiger charge is 2.44. The Morgan fingerprint density at radius 1 is 1.33 bits per heavy atom. The number of hydroxylamine groups is 2. The molecule has 0 amide bonds. The van der Waals surface area contributed by atoms with Gasteiger partial charge in [0.2, 0.25) is 0 Å². The molecule has 0 bridgehead atoms. The number of benzene rings is 1. The molecule has 2 atom stereocenters. The first-order chi connectivity index (χ1) is 7.33. The van der Waals surface area contributed by atoms with Gasteiger partial charge >= 0.3 is 0 Å². The smallest absolute Gasteiger partial charge is 0.194 e. The van der Waals surface area contributed by atoms with Crippen LogP contribution in [0.3, 0.4) is 0 Å². The fourth-order valence-corrected chi connectivity index (χ4v) is 1.80. The minimum atomic E-state index is -0.186. The Morgan fingerprint density at radius 2 is 2.13 bits per heavy atom. The third-order valence-corrected chi connectivity index (χ3v) is 2.73. The molecule has 15 heavy (non-hydrogen) atoms. The van der Waals surface area contributed by atoms with E-state index in [0.29, 0.717) is 6.67 Å². The molecule has 1 saturated heterocycles. The third kappa shape index (κ3) is 1.78. The highest BCUT2D eigenvalue weighted by atomic mass is 19.1. The normalized spacial score (nSPS) is 27.4. The van der Waals surface area contributed by atoms with E-state index in [9.17, 15) is 4.39 Å². The lowest BCUT2D eigenvalue weighted by atomic mass is 10.1. The zero-order valence-electron chi connectivity index (χ0n) is 8.19. The van der Waals surface area contributed by atoms with Crippen LogP contribution in [-0.2, 0) is 11.3 Å². The minimum Gasteiger partial charge on any atom is -0.272 e. The molecular weight excluding hydrogens is 195 g/mol. The van der Waals surface area contributed by atoms with Crippen molar-refractivity contribution in [3.63, 3.8) is 0 Å². The van der Waals surface area contributed by atoms with Crippen molar-refractivity contribution in [2.45, 2.75) is 19.1 Å². The summed E-state index contributed by atoms with van der Waals surface area (Å²) in [5.41, 5.74) is 2.25. The summed E-state index contributed by atoms with van der Waals surface area (Å²) in [5.74, 6) is -0.186. The summed E-state index contributed by atoms with van der Waals surface area (Å²) in [6, 6.07) is 6.62. The second-order valence-electron chi connectivity index (χ2n) is 3.79. The fourth-order valence-electron chi connectivity index (χ4n) is 1.80. The Morgan fingerprint density at radius 3 is 2.73 bits per heavy atom. The van der Waals surface area contributed by atoms with Crippen molar-refractivity contribution in [3.05, 3.63) is 35.6 Å². The number of hydrogen-bond acceptors (Lipinski definition) is 3. The Kier molecular flexibility index (Phi) is 2.04. The summed E-state index contributed by atoms with van der Waals surface area (Å²) in [6.07, 6.45) is 1.94. The van der Waals surface area contributed by atoms with E-state index in [4.69, 9.17) is 4.84 Å². The maximum Gasteiger partial charge on any atom is 0.194 e. The van der Waals surface area contributed by atoms with Crippen LogP contribution in [0.5, 0.6) is 0 Å². The first-order valence-corrected chi connectivity index (χ1v) is 5.04. The van der Waals surface area contributed by atoms with Crippen LogP contribution in [0.4, 0.5) is 4.39 Å². The molecule has 3 rings (SSSR count). The average molecular weight is 206 g/mol. The average Bonchev–Trinajstić information content (AvgIpc) is 2.93. The maximum atomic E-state index is 12.6. The van der Waals surface area contributed by atoms with Gasteiger partial charge in [-0.25, -0.2) is 4.39 Å². The molecule has 1 aromatic rings. The Hall–Kier alpha value is -1.26. The Labute approximate surface area is 87.1 Å². The highest BCUT2D eigenvalue weighted by molar-refractivity contribution is 5.91. The van der Waals surface area contributed by atoms with Crippen molar-refractivity contribution in [2.24, 2.45) is 4.99 Å².